The van der Waals surface area contributed by atoms with Crippen LogP contribution in [0.3, 0.4) is 0 Å². The monoisotopic (exact) mass is 272 g/mol. The Balaban J connectivity index is 2.42. The molecule has 0 aromatic carbocycles. The highest BCUT2D eigenvalue weighted by atomic mass is 16.6. The number of nitrogens with zero attached hydrogens (tertiary/aromatic N) is 1. The van der Waals surface area contributed by atoms with Crippen LogP contribution in [0.25, 0.3) is 0 Å². The predicted molar refractivity (Wildman–Crippen MR) is 74.7 cm³/mol. The molecule has 1 aliphatic heterocycles. The first-order chi connectivity index (χ1) is 8.80. The molecule has 0 spiro atoms. The van der Waals surface area contributed by atoms with Gasteiger partial charge < -0.3 is 15.6 Å². The molecule has 1 saturated heterocycles. The van der Waals surface area contributed by atoms with Gasteiger partial charge in [0.25, 0.3) is 0 Å². The van der Waals surface area contributed by atoms with Crippen LogP contribution < -0.4 is 5.73 Å². The normalized spacial score (nSPS) is 25.3. The lowest BCUT2D eigenvalue weighted by atomic mass is 9.91. The third-order valence-corrected chi connectivity index (χ3v) is 3.19. The molecule has 1 heterocycles. The second-order valence-electron chi connectivity index (χ2n) is 6.51. The largest absolute Gasteiger partial charge is 0.459 e. The Morgan fingerprint density at radius 3 is 2.68 bits per heavy atom. The molecule has 1 fully saturated rings. The van der Waals surface area contributed by atoms with E-state index in [-0.39, 0.29) is 18.6 Å². The van der Waals surface area contributed by atoms with Gasteiger partial charge in [-0.25, -0.2) is 0 Å². The molecule has 0 bridgehead atoms. The number of esters is 1. The molecule has 3 N–H and O–H groups in total. The number of ether oxygens (including phenoxy) is 1. The Morgan fingerprint density at radius 2 is 2.11 bits per heavy atom. The van der Waals surface area contributed by atoms with E-state index < -0.39 is 5.60 Å². The second-order valence-corrected chi connectivity index (χ2v) is 6.51. The summed E-state index contributed by atoms with van der Waals surface area (Å²) in [5.74, 6) is 0.279. The summed E-state index contributed by atoms with van der Waals surface area (Å²) in [5, 5.41) is 8.88. The zero-order chi connectivity index (χ0) is 14.5. The fourth-order valence-corrected chi connectivity index (χ4v) is 2.62. The summed E-state index contributed by atoms with van der Waals surface area (Å²) in [6, 6.07) is 0.111. The average Bonchev–Trinajstić information content (AvgIpc) is 2.22. The Morgan fingerprint density at radius 1 is 1.42 bits per heavy atom. The first kappa shape index (κ1) is 16.4. The topological polar surface area (TPSA) is 75.8 Å². The molecule has 0 aromatic heterocycles. The van der Waals surface area contributed by atoms with Crippen molar-refractivity contribution in [3.63, 3.8) is 0 Å². The van der Waals surface area contributed by atoms with Crippen molar-refractivity contribution in [3.05, 3.63) is 0 Å². The van der Waals surface area contributed by atoms with Crippen molar-refractivity contribution < 1.29 is 14.6 Å². The van der Waals surface area contributed by atoms with Crippen LogP contribution in [0.15, 0.2) is 0 Å². The minimum Gasteiger partial charge on any atom is -0.459 e. The lowest BCUT2D eigenvalue weighted by Gasteiger charge is -2.36. The van der Waals surface area contributed by atoms with Gasteiger partial charge in [-0.15, -0.1) is 0 Å². The van der Waals surface area contributed by atoms with Crippen LogP contribution in [0.1, 0.15) is 40.0 Å². The first-order valence-electron chi connectivity index (χ1n) is 7.11. The summed E-state index contributed by atoms with van der Waals surface area (Å²) in [5.41, 5.74) is 5.59. The van der Waals surface area contributed by atoms with Gasteiger partial charge in [0.1, 0.15) is 5.60 Å². The fraction of sp³-hybridized carbons (Fsp3) is 0.929. The van der Waals surface area contributed by atoms with Crippen LogP contribution in [0, 0.1) is 5.92 Å². The number of aliphatic hydroxyl groups is 1. The van der Waals surface area contributed by atoms with Crippen molar-refractivity contribution in [2.24, 2.45) is 11.7 Å². The van der Waals surface area contributed by atoms with Gasteiger partial charge in [-0.2, -0.15) is 0 Å². The van der Waals surface area contributed by atoms with Gasteiger partial charge in [-0.05, 0) is 46.0 Å². The summed E-state index contributed by atoms with van der Waals surface area (Å²) >= 11 is 0. The minimum absolute atomic E-state index is 0.111. The predicted octanol–water partition coefficient (Wildman–Crippen LogP) is 0.750. The lowest BCUT2D eigenvalue weighted by molar-refractivity contribution is -0.156. The van der Waals surface area contributed by atoms with Gasteiger partial charge >= 0.3 is 5.97 Å². The van der Waals surface area contributed by atoms with E-state index in [1.165, 1.54) is 0 Å². The number of rotatable bonds is 5. The number of nitrogens with two attached hydrogens (primary N) is 1. The highest BCUT2D eigenvalue weighted by molar-refractivity contribution is 5.72. The second kappa shape index (κ2) is 7.22. The van der Waals surface area contributed by atoms with Crippen LogP contribution >= 0.6 is 0 Å². The highest BCUT2D eigenvalue weighted by Crippen LogP contribution is 2.20. The van der Waals surface area contributed by atoms with Gasteiger partial charge in [0, 0.05) is 25.7 Å². The summed E-state index contributed by atoms with van der Waals surface area (Å²) in [7, 11) is 0. The Kier molecular flexibility index (Phi) is 6.23. The van der Waals surface area contributed by atoms with Crippen LogP contribution in [0.5, 0.6) is 0 Å². The molecule has 5 nitrogen and oxygen atoms in total. The molecule has 19 heavy (non-hydrogen) atoms. The molecule has 112 valence electrons. The van der Waals surface area contributed by atoms with Gasteiger partial charge in [-0.3, -0.25) is 9.69 Å². The van der Waals surface area contributed by atoms with Gasteiger partial charge in [-0.1, -0.05) is 0 Å². The van der Waals surface area contributed by atoms with Crippen molar-refractivity contribution >= 4 is 5.97 Å². The van der Waals surface area contributed by atoms with E-state index >= 15 is 0 Å². The molecule has 0 aliphatic carbocycles. The van der Waals surface area contributed by atoms with Crippen molar-refractivity contribution in [2.45, 2.75) is 51.7 Å². The van der Waals surface area contributed by atoms with Gasteiger partial charge in [0.15, 0.2) is 0 Å². The number of piperidine rings is 1. The zero-order valence-corrected chi connectivity index (χ0v) is 12.4. The first-order valence-corrected chi connectivity index (χ1v) is 7.11. The SMILES string of the molecule is CC(C)(C)OC(=O)CN1CC(N)CC(CCCO)C1. The van der Waals surface area contributed by atoms with Crippen LogP contribution in [0.4, 0.5) is 0 Å². The number of hydrogen-bond donors (Lipinski definition) is 2. The van der Waals surface area contributed by atoms with E-state index in [2.05, 4.69) is 4.90 Å². The standard InChI is InChI=1S/C14H28N2O3/c1-14(2,3)19-13(18)10-16-8-11(5-4-6-17)7-12(15)9-16/h11-12,17H,4-10,15H2,1-3H3. The third kappa shape index (κ3) is 6.89. The highest BCUT2D eigenvalue weighted by Gasteiger charge is 2.27. The molecule has 0 amide bonds. The van der Waals surface area contributed by atoms with E-state index in [4.69, 9.17) is 15.6 Å². The summed E-state index contributed by atoms with van der Waals surface area (Å²) in [4.78, 5) is 13.9. The van der Waals surface area contributed by atoms with E-state index in [1.54, 1.807) is 0 Å². The van der Waals surface area contributed by atoms with E-state index in [1.807, 2.05) is 20.8 Å². The van der Waals surface area contributed by atoms with Crippen molar-refractivity contribution in [1.29, 1.82) is 0 Å². The molecule has 0 radical (unpaired) electrons. The zero-order valence-electron chi connectivity index (χ0n) is 12.4. The molecule has 0 saturated carbocycles. The molecular weight excluding hydrogens is 244 g/mol. The van der Waals surface area contributed by atoms with Gasteiger partial charge in [0.05, 0.1) is 6.54 Å². The molecule has 2 unspecified atom stereocenters. The maximum atomic E-state index is 11.8. The minimum atomic E-state index is -0.439. The fourth-order valence-electron chi connectivity index (χ4n) is 2.62. The van der Waals surface area contributed by atoms with E-state index in [9.17, 15) is 4.79 Å². The molecule has 0 aromatic rings. The molecule has 1 aliphatic rings. The Hall–Kier alpha value is -0.650. The number of carbonyl (C=O) groups excluding carboxylic acids is 1. The quantitative estimate of drug-likeness (QED) is 0.722. The van der Waals surface area contributed by atoms with E-state index in [0.29, 0.717) is 12.5 Å². The third-order valence-electron chi connectivity index (χ3n) is 3.19. The average molecular weight is 272 g/mol. The number of likely N-dealkylation sites (tertiary alicyclic amines) is 1. The summed E-state index contributed by atoms with van der Waals surface area (Å²) < 4.78 is 5.33. The summed E-state index contributed by atoms with van der Waals surface area (Å²) in [6.07, 6.45) is 2.75. The number of carbonyl (C=O) groups is 1. The molecule has 5 heteroatoms. The maximum absolute atomic E-state index is 11.8. The Labute approximate surface area is 116 Å². The van der Waals surface area contributed by atoms with E-state index in [0.717, 1.165) is 32.4 Å². The Bertz CT molecular complexity index is 289. The smallest absolute Gasteiger partial charge is 0.320 e. The van der Waals surface area contributed by atoms with Crippen LogP contribution in [0.2, 0.25) is 0 Å². The molecule has 1 rings (SSSR count). The van der Waals surface area contributed by atoms with Crippen LogP contribution in [-0.4, -0.2) is 53.9 Å². The summed E-state index contributed by atoms with van der Waals surface area (Å²) in [6.45, 7) is 7.75. The number of aliphatic hydroxyl groups excluding tert-OH is 1. The van der Waals surface area contributed by atoms with Crippen molar-refractivity contribution in [1.82, 2.24) is 4.90 Å². The van der Waals surface area contributed by atoms with Gasteiger partial charge in [0.2, 0.25) is 0 Å². The lowest BCUT2D eigenvalue weighted by Crippen LogP contribution is -2.49. The molecule has 2 atom stereocenters. The van der Waals surface area contributed by atoms with Crippen LogP contribution in [-0.2, 0) is 9.53 Å². The number of hydrogen-bond acceptors (Lipinski definition) is 5. The van der Waals surface area contributed by atoms with Crippen molar-refractivity contribution in [2.75, 3.05) is 26.2 Å². The van der Waals surface area contributed by atoms with Crippen molar-refractivity contribution in [3.8, 4) is 0 Å². The molecular formula is C14H28N2O3. The maximum Gasteiger partial charge on any atom is 0.320 e.